The Labute approximate surface area is 134 Å². The summed E-state index contributed by atoms with van der Waals surface area (Å²) in [6.45, 7) is 6.72. The lowest BCUT2D eigenvalue weighted by atomic mass is 9.83. The number of aliphatic hydroxyl groups is 1. The van der Waals surface area contributed by atoms with Crippen LogP contribution in [0.3, 0.4) is 0 Å². The first-order valence-electron chi connectivity index (χ1n) is 8.34. The summed E-state index contributed by atoms with van der Waals surface area (Å²) in [5.41, 5.74) is 0.861. The predicted molar refractivity (Wildman–Crippen MR) is 92.0 cm³/mol. The molecule has 1 saturated carbocycles. The standard InChI is InChI=1S/C18H28O3Si/c1-22(2,3)17-11-12-21-18(17)16(20)10-9-15(13-19)14-7-5-4-6-8-14/h9,11-14,16,20H,4-8,10H2,1-3H3/b15-9+. The lowest BCUT2D eigenvalue weighted by molar-refractivity contribution is -0.105. The van der Waals surface area contributed by atoms with Crippen LogP contribution in [0.15, 0.2) is 28.4 Å². The van der Waals surface area contributed by atoms with E-state index >= 15 is 0 Å². The van der Waals surface area contributed by atoms with Crippen LogP contribution >= 0.6 is 0 Å². The van der Waals surface area contributed by atoms with Gasteiger partial charge < -0.3 is 9.52 Å². The number of carbonyl (C=O) groups is 1. The molecule has 1 aromatic rings. The maximum absolute atomic E-state index is 11.4. The smallest absolute Gasteiger partial charge is 0.145 e. The molecule has 0 bridgehead atoms. The van der Waals surface area contributed by atoms with Crippen molar-refractivity contribution in [2.24, 2.45) is 5.92 Å². The van der Waals surface area contributed by atoms with E-state index in [1.807, 2.05) is 12.1 Å². The minimum atomic E-state index is -1.53. The largest absolute Gasteiger partial charge is 0.467 e. The van der Waals surface area contributed by atoms with E-state index in [9.17, 15) is 9.90 Å². The average molecular weight is 321 g/mol. The van der Waals surface area contributed by atoms with E-state index in [1.165, 1.54) is 24.4 Å². The van der Waals surface area contributed by atoms with E-state index in [0.29, 0.717) is 18.1 Å². The molecule has 0 saturated heterocycles. The summed E-state index contributed by atoms with van der Waals surface area (Å²) in [6, 6.07) is 1.98. The number of hydrogen-bond donors (Lipinski definition) is 1. The van der Waals surface area contributed by atoms with Crippen molar-refractivity contribution < 1.29 is 14.3 Å². The van der Waals surface area contributed by atoms with Crippen LogP contribution < -0.4 is 5.19 Å². The van der Waals surface area contributed by atoms with Gasteiger partial charge in [-0.05, 0) is 42.0 Å². The maximum atomic E-state index is 11.4. The number of hydrogen-bond acceptors (Lipinski definition) is 3. The molecule has 1 atom stereocenters. The van der Waals surface area contributed by atoms with E-state index in [-0.39, 0.29) is 0 Å². The van der Waals surface area contributed by atoms with Gasteiger partial charge in [0.05, 0.1) is 14.3 Å². The molecule has 0 radical (unpaired) electrons. The van der Waals surface area contributed by atoms with Gasteiger partial charge in [0, 0.05) is 0 Å². The number of aldehydes is 1. The van der Waals surface area contributed by atoms with Crippen LogP contribution in [-0.2, 0) is 4.79 Å². The van der Waals surface area contributed by atoms with Gasteiger partial charge in [0.2, 0.25) is 0 Å². The second kappa shape index (κ2) is 7.42. The highest BCUT2D eigenvalue weighted by molar-refractivity contribution is 6.89. The van der Waals surface area contributed by atoms with E-state index in [2.05, 4.69) is 19.6 Å². The van der Waals surface area contributed by atoms with E-state index in [0.717, 1.165) is 24.7 Å². The first kappa shape index (κ1) is 17.2. The van der Waals surface area contributed by atoms with E-state index in [1.54, 1.807) is 6.26 Å². The van der Waals surface area contributed by atoms with Crippen molar-refractivity contribution in [2.75, 3.05) is 0 Å². The van der Waals surface area contributed by atoms with Gasteiger partial charge in [-0.1, -0.05) is 45.0 Å². The van der Waals surface area contributed by atoms with Crippen LogP contribution in [0.1, 0.15) is 50.4 Å². The Kier molecular flexibility index (Phi) is 5.81. The molecule has 1 aliphatic carbocycles. The lowest BCUT2D eigenvalue weighted by Gasteiger charge is -2.22. The third-order valence-corrected chi connectivity index (χ3v) is 6.62. The molecule has 1 unspecified atom stereocenters. The van der Waals surface area contributed by atoms with Gasteiger partial charge in [-0.3, -0.25) is 4.79 Å². The van der Waals surface area contributed by atoms with Gasteiger partial charge in [0.25, 0.3) is 0 Å². The summed E-state index contributed by atoms with van der Waals surface area (Å²) in [5, 5.41) is 11.6. The minimum absolute atomic E-state index is 0.381. The van der Waals surface area contributed by atoms with Crippen LogP contribution in [0.4, 0.5) is 0 Å². The van der Waals surface area contributed by atoms with Crippen LogP contribution in [0.5, 0.6) is 0 Å². The molecule has 0 aromatic carbocycles. The second-order valence-electron chi connectivity index (χ2n) is 7.36. The summed E-state index contributed by atoms with van der Waals surface area (Å²) >= 11 is 0. The summed E-state index contributed by atoms with van der Waals surface area (Å²) < 4.78 is 5.53. The molecule has 1 heterocycles. The number of rotatable bonds is 6. The normalized spacial score (nSPS) is 19.2. The van der Waals surface area contributed by atoms with Gasteiger partial charge in [0.15, 0.2) is 0 Å². The number of allylic oxidation sites excluding steroid dienone is 1. The Bertz CT molecular complexity index is 519. The molecule has 122 valence electrons. The molecule has 2 rings (SSSR count). The van der Waals surface area contributed by atoms with Gasteiger partial charge in [-0.2, -0.15) is 0 Å². The van der Waals surface area contributed by atoms with E-state index in [4.69, 9.17) is 4.42 Å². The van der Waals surface area contributed by atoms with Crippen LogP contribution in [0.25, 0.3) is 0 Å². The van der Waals surface area contributed by atoms with Crippen molar-refractivity contribution in [1.29, 1.82) is 0 Å². The number of aliphatic hydroxyl groups excluding tert-OH is 1. The summed E-state index contributed by atoms with van der Waals surface area (Å²) in [7, 11) is -1.53. The zero-order valence-electron chi connectivity index (χ0n) is 14.0. The molecule has 0 aliphatic heterocycles. The Morgan fingerprint density at radius 2 is 2.05 bits per heavy atom. The van der Waals surface area contributed by atoms with E-state index < -0.39 is 14.2 Å². The number of furan rings is 1. The maximum Gasteiger partial charge on any atom is 0.145 e. The SMILES string of the molecule is C[Si](C)(C)c1ccoc1C(O)C/C=C(\C=O)C1CCCCC1. The molecule has 1 aliphatic rings. The zero-order valence-corrected chi connectivity index (χ0v) is 15.0. The van der Waals surface area contributed by atoms with Gasteiger partial charge in [0.1, 0.15) is 18.2 Å². The van der Waals surface area contributed by atoms with Crippen molar-refractivity contribution in [2.45, 2.75) is 64.3 Å². The van der Waals surface area contributed by atoms with Gasteiger partial charge in [-0.15, -0.1) is 0 Å². The fraction of sp³-hybridized carbons (Fsp3) is 0.611. The molecule has 0 amide bonds. The molecular weight excluding hydrogens is 292 g/mol. The van der Waals surface area contributed by atoms with Crippen molar-refractivity contribution in [3.63, 3.8) is 0 Å². The van der Waals surface area contributed by atoms with Crippen LogP contribution in [0.2, 0.25) is 19.6 Å². The summed E-state index contributed by atoms with van der Waals surface area (Å²) in [4.78, 5) is 11.4. The van der Waals surface area contributed by atoms with Crippen molar-refractivity contribution in [3.8, 4) is 0 Å². The highest BCUT2D eigenvalue weighted by Gasteiger charge is 2.26. The summed E-state index contributed by atoms with van der Waals surface area (Å²) in [6.07, 6.45) is 10.2. The average Bonchev–Trinajstić information content (AvgIpc) is 2.98. The lowest BCUT2D eigenvalue weighted by Crippen LogP contribution is -2.39. The fourth-order valence-electron chi connectivity index (χ4n) is 3.30. The van der Waals surface area contributed by atoms with Crippen molar-refractivity contribution >= 4 is 19.5 Å². The molecule has 1 N–H and O–H groups in total. The van der Waals surface area contributed by atoms with Crippen molar-refractivity contribution in [3.05, 3.63) is 29.7 Å². The zero-order chi connectivity index (χ0) is 16.2. The highest BCUT2D eigenvalue weighted by Crippen LogP contribution is 2.30. The predicted octanol–water partition coefficient (Wildman–Crippen LogP) is 3.95. The van der Waals surface area contributed by atoms with Gasteiger partial charge in [-0.25, -0.2) is 0 Å². The molecular formula is C18H28O3Si. The Morgan fingerprint density at radius 1 is 1.36 bits per heavy atom. The molecule has 4 heteroatoms. The third-order valence-electron chi connectivity index (χ3n) is 4.60. The van der Waals surface area contributed by atoms with Crippen molar-refractivity contribution in [1.82, 2.24) is 0 Å². The fourth-order valence-corrected chi connectivity index (χ4v) is 4.83. The summed E-state index contributed by atoms with van der Waals surface area (Å²) in [5.74, 6) is 1.07. The highest BCUT2D eigenvalue weighted by atomic mass is 28.3. The minimum Gasteiger partial charge on any atom is -0.467 e. The first-order valence-corrected chi connectivity index (χ1v) is 11.8. The monoisotopic (exact) mass is 320 g/mol. The molecule has 1 aromatic heterocycles. The molecule has 1 fully saturated rings. The Hall–Kier alpha value is -1.13. The third kappa shape index (κ3) is 4.20. The van der Waals surface area contributed by atoms with Crippen LogP contribution in [0, 0.1) is 5.92 Å². The van der Waals surface area contributed by atoms with Crippen LogP contribution in [-0.4, -0.2) is 19.5 Å². The van der Waals surface area contributed by atoms with Gasteiger partial charge >= 0.3 is 0 Å². The molecule has 0 spiro atoms. The topological polar surface area (TPSA) is 50.4 Å². The molecule has 22 heavy (non-hydrogen) atoms. The Morgan fingerprint density at radius 3 is 2.64 bits per heavy atom. The quantitative estimate of drug-likeness (QED) is 0.490. The molecule has 3 nitrogen and oxygen atoms in total. The Balaban J connectivity index is 2.07. The number of carbonyl (C=O) groups excluding carboxylic acids is 1. The second-order valence-corrected chi connectivity index (χ2v) is 12.4. The first-order chi connectivity index (χ1) is 10.4.